The van der Waals surface area contributed by atoms with Crippen LogP contribution >= 0.6 is 12.4 Å². The molecule has 0 spiro atoms. The lowest BCUT2D eigenvalue weighted by molar-refractivity contribution is 0.0908. The molecule has 0 bridgehead atoms. The first-order valence-corrected chi connectivity index (χ1v) is 9.40. The van der Waals surface area contributed by atoms with Gasteiger partial charge in [0.2, 0.25) is 0 Å². The van der Waals surface area contributed by atoms with Crippen LogP contribution in [0.15, 0.2) is 54.6 Å². The minimum atomic E-state index is -0.327. The lowest BCUT2D eigenvalue weighted by Crippen LogP contribution is -2.44. The van der Waals surface area contributed by atoms with E-state index in [0.717, 1.165) is 19.3 Å². The van der Waals surface area contributed by atoms with Crippen molar-refractivity contribution in [1.29, 1.82) is 0 Å². The molecule has 2 unspecified atom stereocenters. The molecule has 0 aliphatic heterocycles. The summed E-state index contributed by atoms with van der Waals surface area (Å²) in [5.74, 6) is 0.256. The first-order valence-electron chi connectivity index (χ1n) is 9.40. The molecule has 3 amide bonds. The van der Waals surface area contributed by atoms with Gasteiger partial charge in [-0.2, -0.15) is 0 Å². The van der Waals surface area contributed by atoms with Crippen LogP contribution in [0.25, 0.3) is 0 Å². The Morgan fingerprint density at radius 3 is 2.14 bits per heavy atom. The molecule has 6 nitrogen and oxygen atoms in total. The minimum Gasteiger partial charge on any atom is -0.349 e. The number of halogens is 1. The Kier molecular flexibility index (Phi) is 8.29. The van der Waals surface area contributed by atoms with Crippen LogP contribution in [0.3, 0.4) is 0 Å². The number of hydrogen-bond acceptors (Lipinski definition) is 3. The molecule has 3 rings (SSSR count). The molecule has 1 fully saturated rings. The van der Waals surface area contributed by atoms with Crippen LogP contribution in [-0.4, -0.2) is 24.5 Å². The van der Waals surface area contributed by atoms with E-state index in [1.807, 2.05) is 30.3 Å². The molecule has 28 heavy (non-hydrogen) atoms. The summed E-state index contributed by atoms with van der Waals surface area (Å²) >= 11 is 0. The van der Waals surface area contributed by atoms with Gasteiger partial charge in [0.05, 0.1) is 0 Å². The third-order valence-electron chi connectivity index (χ3n) is 4.96. The second kappa shape index (κ2) is 10.7. The molecule has 2 atom stereocenters. The number of para-hydroxylation sites is 1. The number of rotatable bonds is 5. The molecular weight excluding hydrogens is 376 g/mol. The van der Waals surface area contributed by atoms with Gasteiger partial charge in [0.25, 0.3) is 5.91 Å². The summed E-state index contributed by atoms with van der Waals surface area (Å²) in [6.07, 6.45) is 4.36. The minimum absolute atomic E-state index is 0. The summed E-state index contributed by atoms with van der Waals surface area (Å²) in [6.45, 7) is 0.602. The number of carbonyl (C=O) groups is 2. The number of benzene rings is 2. The molecule has 1 aliphatic carbocycles. The number of nitrogens with one attached hydrogen (secondary N) is 3. The summed E-state index contributed by atoms with van der Waals surface area (Å²) < 4.78 is 0. The molecule has 5 N–H and O–H groups in total. The third-order valence-corrected chi connectivity index (χ3v) is 4.96. The molecule has 2 aromatic rings. The Morgan fingerprint density at radius 2 is 1.50 bits per heavy atom. The maximum Gasteiger partial charge on any atom is 0.323 e. The highest BCUT2D eigenvalue weighted by atomic mass is 35.5. The maximum absolute atomic E-state index is 12.5. The summed E-state index contributed by atoms with van der Waals surface area (Å²) in [4.78, 5) is 24.5. The van der Waals surface area contributed by atoms with Crippen LogP contribution in [0.5, 0.6) is 0 Å². The fourth-order valence-corrected chi connectivity index (χ4v) is 3.45. The van der Waals surface area contributed by atoms with E-state index in [9.17, 15) is 9.59 Å². The molecule has 2 aromatic carbocycles. The van der Waals surface area contributed by atoms with Gasteiger partial charge < -0.3 is 21.7 Å². The van der Waals surface area contributed by atoms with E-state index in [1.165, 1.54) is 6.42 Å². The van der Waals surface area contributed by atoms with Crippen molar-refractivity contribution in [1.82, 2.24) is 5.32 Å². The van der Waals surface area contributed by atoms with Crippen LogP contribution in [0.2, 0.25) is 0 Å². The molecule has 150 valence electrons. The molecule has 0 heterocycles. The van der Waals surface area contributed by atoms with Crippen LogP contribution in [-0.2, 0) is 0 Å². The van der Waals surface area contributed by atoms with Gasteiger partial charge in [0, 0.05) is 23.0 Å². The van der Waals surface area contributed by atoms with Crippen LogP contribution in [0, 0.1) is 5.92 Å². The van der Waals surface area contributed by atoms with Gasteiger partial charge in [0.1, 0.15) is 0 Å². The second-order valence-electron chi connectivity index (χ2n) is 6.88. The Hall–Kier alpha value is -2.57. The zero-order valence-electron chi connectivity index (χ0n) is 15.7. The van der Waals surface area contributed by atoms with Crippen molar-refractivity contribution < 1.29 is 9.59 Å². The molecule has 0 aromatic heterocycles. The smallest absolute Gasteiger partial charge is 0.323 e. The van der Waals surface area contributed by atoms with Crippen LogP contribution in [0.4, 0.5) is 16.2 Å². The molecule has 0 radical (unpaired) electrons. The summed E-state index contributed by atoms with van der Waals surface area (Å²) in [7, 11) is 0. The quantitative estimate of drug-likeness (QED) is 0.608. The number of nitrogens with two attached hydrogens (primary N) is 1. The average molecular weight is 403 g/mol. The zero-order valence-corrected chi connectivity index (χ0v) is 16.5. The molecule has 0 saturated heterocycles. The lowest BCUT2D eigenvalue weighted by Gasteiger charge is -2.31. The fourth-order valence-electron chi connectivity index (χ4n) is 3.45. The van der Waals surface area contributed by atoms with Crippen LogP contribution < -0.4 is 21.7 Å². The standard InChI is InChI=1S/C21H26N4O2.ClH/c22-14-16-6-4-5-9-19(16)25-20(26)15-10-12-18(13-11-15)24-21(27)23-17-7-2-1-3-8-17;/h1-3,7-8,10-13,16,19H,4-6,9,14,22H2,(H,25,26)(H2,23,24,27);1H. The van der Waals surface area contributed by atoms with E-state index in [2.05, 4.69) is 16.0 Å². The van der Waals surface area contributed by atoms with Gasteiger partial charge in [-0.15, -0.1) is 12.4 Å². The van der Waals surface area contributed by atoms with Gasteiger partial charge in [0.15, 0.2) is 0 Å². The average Bonchev–Trinajstić information content (AvgIpc) is 2.69. The Morgan fingerprint density at radius 1 is 0.893 bits per heavy atom. The van der Waals surface area contributed by atoms with Crippen molar-refractivity contribution in [2.75, 3.05) is 17.2 Å². The van der Waals surface area contributed by atoms with Gasteiger partial charge in [-0.1, -0.05) is 31.0 Å². The molecular formula is C21H27ClN4O2. The highest BCUT2D eigenvalue weighted by Crippen LogP contribution is 2.24. The van der Waals surface area contributed by atoms with Crippen molar-refractivity contribution >= 4 is 35.7 Å². The lowest BCUT2D eigenvalue weighted by atomic mass is 9.84. The largest absolute Gasteiger partial charge is 0.349 e. The molecule has 1 saturated carbocycles. The van der Waals surface area contributed by atoms with Crippen molar-refractivity contribution in [3.05, 3.63) is 60.2 Å². The van der Waals surface area contributed by atoms with E-state index in [1.54, 1.807) is 24.3 Å². The second-order valence-corrected chi connectivity index (χ2v) is 6.88. The van der Waals surface area contributed by atoms with E-state index >= 15 is 0 Å². The summed E-state index contributed by atoms with van der Waals surface area (Å²) in [5.41, 5.74) is 7.74. The van der Waals surface area contributed by atoms with E-state index in [-0.39, 0.29) is 30.4 Å². The zero-order chi connectivity index (χ0) is 19.1. The predicted molar refractivity (Wildman–Crippen MR) is 115 cm³/mol. The number of carbonyl (C=O) groups excluding carboxylic acids is 2. The van der Waals surface area contributed by atoms with Crippen LogP contribution in [0.1, 0.15) is 36.0 Å². The Labute approximate surface area is 171 Å². The van der Waals surface area contributed by atoms with Crippen molar-refractivity contribution in [3.63, 3.8) is 0 Å². The monoisotopic (exact) mass is 402 g/mol. The van der Waals surface area contributed by atoms with Gasteiger partial charge >= 0.3 is 6.03 Å². The normalized spacial score (nSPS) is 18.5. The van der Waals surface area contributed by atoms with E-state index < -0.39 is 0 Å². The number of anilines is 2. The first-order chi connectivity index (χ1) is 13.2. The third kappa shape index (κ3) is 5.97. The number of hydrogen-bond donors (Lipinski definition) is 4. The number of urea groups is 1. The van der Waals surface area contributed by atoms with E-state index in [0.29, 0.717) is 29.4 Å². The highest BCUT2D eigenvalue weighted by molar-refractivity contribution is 6.00. The van der Waals surface area contributed by atoms with Gasteiger partial charge in [-0.05, 0) is 61.7 Å². The summed E-state index contributed by atoms with van der Waals surface area (Å²) in [6, 6.07) is 15.9. The maximum atomic E-state index is 12.5. The Balaban J connectivity index is 0.00000280. The van der Waals surface area contributed by atoms with Gasteiger partial charge in [-0.25, -0.2) is 4.79 Å². The predicted octanol–water partition coefficient (Wildman–Crippen LogP) is 4.00. The van der Waals surface area contributed by atoms with Crippen molar-refractivity contribution in [2.24, 2.45) is 11.7 Å². The van der Waals surface area contributed by atoms with Crippen molar-refractivity contribution in [3.8, 4) is 0 Å². The fraction of sp³-hybridized carbons (Fsp3) is 0.333. The van der Waals surface area contributed by atoms with E-state index in [4.69, 9.17) is 5.73 Å². The Bertz CT molecular complexity index is 768. The van der Waals surface area contributed by atoms with Gasteiger partial charge in [-0.3, -0.25) is 4.79 Å². The van der Waals surface area contributed by atoms with Crippen molar-refractivity contribution in [2.45, 2.75) is 31.7 Å². The molecule has 1 aliphatic rings. The topological polar surface area (TPSA) is 96.2 Å². The highest BCUT2D eigenvalue weighted by Gasteiger charge is 2.25. The molecule has 7 heteroatoms. The summed E-state index contributed by atoms with van der Waals surface area (Å²) in [5, 5.41) is 8.62. The first kappa shape index (κ1) is 21.7. The number of amides is 3. The SMILES string of the molecule is Cl.NCC1CCCCC1NC(=O)c1ccc(NC(=O)Nc2ccccc2)cc1.